The van der Waals surface area contributed by atoms with Gasteiger partial charge in [0.05, 0.1) is 21.2 Å². The fraction of sp³-hybridized carbons (Fsp3) is 0.235. The van der Waals surface area contributed by atoms with Gasteiger partial charge in [0.1, 0.15) is 9.88 Å². The van der Waals surface area contributed by atoms with E-state index in [4.69, 9.17) is 9.47 Å². The van der Waals surface area contributed by atoms with Gasteiger partial charge >= 0.3 is 11.9 Å². The van der Waals surface area contributed by atoms with Crippen LogP contribution in [0.3, 0.4) is 0 Å². The Morgan fingerprint density at radius 2 is 1.92 bits per heavy atom. The lowest BCUT2D eigenvalue weighted by atomic mass is 10.3. The molecule has 0 saturated carbocycles. The first-order valence-electron chi connectivity index (χ1n) is 7.35. The number of benzene rings is 1. The molecule has 0 unspecified atom stereocenters. The summed E-state index contributed by atoms with van der Waals surface area (Å²) in [6.45, 7) is 3.10. The van der Waals surface area contributed by atoms with Gasteiger partial charge in [-0.2, -0.15) is 0 Å². The van der Waals surface area contributed by atoms with Crippen LogP contribution in [0.5, 0.6) is 0 Å². The van der Waals surface area contributed by atoms with E-state index in [1.165, 1.54) is 11.3 Å². The summed E-state index contributed by atoms with van der Waals surface area (Å²) in [5.41, 5.74) is 0.937. The molecular formula is C17H15NO4S2. The molecule has 0 spiro atoms. The SMILES string of the molecule is CC(C)OC(=O)COC(=O)c1ccc(-c2nc3ccccc3s2)s1. The van der Waals surface area contributed by atoms with Crippen molar-refractivity contribution in [2.45, 2.75) is 20.0 Å². The highest BCUT2D eigenvalue weighted by Crippen LogP contribution is 2.34. The third kappa shape index (κ3) is 3.80. The maximum Gasteiger partial charge on any atom is 0.348 e. The van der Waals surface area contributed by atoms with Gasteiger partial charge in [0.25, 0.3) is 0 Å². The third-order valence-electron chi connectivity index (χ3n) is 3.00. The standard InChI is InChI=1S/C17H15NO4S2/c1-10(2)22-15(19)9-21-17(20)14-8-7-13(23-14)16-18-11-5-3-4-6-12(11)24-16/h3-8,10H,9H2,1-2H3. The molecule has 2 heterocycles. The van der Waals surface area contributed by atoms with Gasteiger partial charge in [-0.25, -0.2) is 14.6 Å². The van der Waals surface area contributed by atoms with Crippen LogP contribution in [-0.2, 0) is 14.3 Å². The molecule has 24 heavy (non-hydrogen) atoms. The molecule has 3 rings (SSSR count). The zero-order chi connectivity index (χ0) is 17.1. The zero-order valence-electron chi connectivity index (χ0n) is 13.1. The minimum Gasteiger partial charge on any atom is -0.460 e. The van der Waals surface area contributed by atoms with Crippen LogP contribution in [0.15, 0.2) is 36.4 Å². The van der Waals surface area contributed by atoms with E-state index >= 15 is 0 Å². The fourth-order valence-electron chi connectivity index (χ4n) is 2.03. The second-order valence-electron chi connectivity index (χ2n) is 5.27. The highest BCUT2D eigenvalue weighted by Gasteiger charge is 2.16. The Hall–Kier alpha value is -2.25. The smallest absolute Gasteiger partial charge is 0.348 e. The molecule has 0 atom stereocenters. The molecule has 0 radical (unpaired) electrons. The number of nitrogens with zero attached hydrogens (tertiary/aromatic N) is 1. The number of para-hydroxylation sites is 1. The predicted octanol–water partition coefficient (Wildman–Crippen LogP) is 4.13. The van der Waals surface area contributed by atoms with Crippen LogP contribution in [0.25, 0.3) is 20.1 Å². The van der Waals surface area contributed by atoms with Gasteiger partial charge in [0.15, 0.2) is 6.61 Å². The number of carbonyl (C=O) groups is 2. The molecule has 0 aliphatic carbocycles. The number of hydrogen-bond acceptors (Lipinski definition) is 7. The third-order valence-corrected chi connectivity index (χ3v) is 5.27. The summed E-state index contributed by atoms with van der Waals surface area (Å²) in [6.07, 6.45) is -0.233. The highest BCUT2D eigenvalue weighted by molar-refractivity contribution is 7.26. The quantitative estimate of drug-likeness (QED) is 0.639. The lowest BCUT2D eigenvalue weighted by molar-refractivity contribution is -0.150. The minimum atomic E-state index is -0.554. The van der Waals surface area contributed by atoms with Crippen molar-refractivity contribution in [2.24, 2.45) is 0 Å². The molecule has 0 amide bonds. The summed E-state index contributed by atoms with van der Waals surface area (Å²) < 4.78 is 11.0. The Morgan fingerprint density at radius 3 is 2.67 bits per heavy atom. The van der Waals surface area contributed by atoms with E-state index in [0.717, 1.165) is 20.1 Å². The Morgan fingerprint density at radius 1 is 1.12 bits per heavy atom. The highest BCUT2D eigenvalue weighted by atomic mass is 32.1. The molecule has 7 heteroatoms. The van der Waals surface area contributed by atoms with E-state index in [1.807, 2.05) is 30.3 Å². The van der Waals surface area contributed by atoms with E-state index in [1.54, 1.807) is 31.3 Å². The molecule has 1 aromatic carbocycles. The molecule has 0 N–H and O–H groups in total. The molecule has 0 fully saturated rings. The van der Waals surface area contributed by atoms with Crippen LogP contribution in [0.2, 0.25) is 0 Å². The summed E-state index contributed by atoms with van der Waals surface area (Å²) in [5.74, 6) is -1.09. The van der Waals surface area contributed by atoms with Gasteiger partial charge in [-0.3, -0.25) is 0 Å². The topological polar surface area (TPSA) is 65.5 Å². The molecule has 5 nitrogen and oxygen atoms in total. The number of ether oxygens (including phenoxy) is 2. The minimum absolute atomic E-state index is 0.233. The first kappa shape index (κ1) is 16.6. The van der Waals surface area contributed by atoms with Gasteiger partial charge in [-0.1, -0.05) is 12.1 Å². The Kier molecular flexibility index (Phi) is 4.92. The van der Waals surface area contributed by atoms with Crippen molar-refractivity contribution in [3.63, 3.8) is 0 Å². The Bertz CT molecular complexity index is 848. The second kappa shape index (κ2) is 7.11. The van der Waals surface area contributed by atoms with Crippen molar-refractivity contribution in [2.75, 3.05) is 6.61 Å². The van der Waals surface area contributed by atoms with Gasteiger partial charge < -0.3 is 9.47 Å². The molecule has 0 bridgehead atoms. The summed E-state index contributed by atoms with van der Waals surface area (Å²) in [5, 5.41) is 0.861. The number of rotatable bonds is 5. The average Bonchev–Trinajstić information content (AvgIpc) is 3.18. The monoisotopic (exact) mass is 361 g/mol. The van der Waals surface area contributed by atoms with Crippen LogP contribution in [0.1, 0.15) is 23.5 Å². The van der Waals surface area contributed by atoms with Gasteiger partial charge in [0, 0.05) is 0 Å². The summed E-state index contributed by atoms with van der Waals surface area (Å²) in [7, 11) is 0. The number of carbonyl (C=O) groups excluding carboxylic acids is 2. The van der Waals surface area contributed by atoms with E-state index in [2.05, 4.69) is 4.98 Å². The molecule has 3 aromatic rings. The number of esters is 2. The van der Waals surface area contributed by atoms with E-state index in [0.29, 0.717) is 4.88 Å². The van der Waals surface area contributed by atoms with E-state index in [9.17, 15) is 9.59 Å². The number of aromatic nitrogens is 1. The van der Waals surface area contributed by atoms with E-state index < -0.39 is 11.9 Å². The average molecular weight is 361 g/mol. The van der Waals surface area contributed by atoms with Crippen LogP contribution >= 0.6 is 22.7 Å². The zero-order valence-corrected chi connectivity index (χ0v) is 14.8. The second-order valence-corrected chi connectivity index (χ2v) is 7.38. The van der Waals surface area contributed by atoms with Crippen molar-refractivity contribution in [3.8, 4) is 9.88 Å². The lowest BCUT2D eigenvalue weighted by Gasteiger charge is -2.07. The Balaban J connectivity index is 1.68. The Labute approximate surface area is 146 Å². The molecule has 0 aliphatic heterocycles. The first-order valence-corrected chi connectivity index (χ1v) is 8.98. The van der Waals surface area contributed by atoms with E-state index in [-0.39, 0.29) is 12.7 Å². The first-order chi connectivity index (χ1) is 11.5. The maximum atomic E-state index is 12.0. The van der Waals surface area contributed by atoms with Crippen molar-refractivity contribution in [1.29, 1.82) is 0 Å². The van der Waals surface area contributed by atoms with Gasteiger partial charge in [-0.05, 0) is 38.1 Å². The molecule has 0 saturated heterocycles. The van der Waals surface area contributed by atoms with Crippen LogP contribution in [-0.4, -0.2) is 29.6 Å². The molecular weight excluding hydrogens is 346 g/mol. The van der Waals surface area contributed by atoms with Gasteiger partial charge in [0.2, 0.25) is 0 Å². The molecule has 2 aromatic heterocycles. The summed E-state index contributed by atoms with van der Waals surface area (Å²) in [6, 6.07) is 11.4. The van der Waals surface area contributed by atoms with Crippen molar-refractivity contribution in [1.82, 2.24) is 4.98 Å². The maximum absolute atomic E-state index is 12.0. The largest absolute Gasteiger partial charge is 0.460 e. The van der Waals surface area contributed by atoms with Crippen LogP contribution in [0, 0.1) is 0 Å². The van der Waals surface area contributed by atoms with Crippen molar-refractivity contribution in [3.05, 3.63) is 41.3 Å². The molecule has 0 aliphatic rings. The van der Waals surface area contributed by atoms with Crippen molar-refractivity contribution >= 4 is 44.8 Å². The van der Waals surface area contributed by atoms with Crippen molar-refractivity contribution < 1.29 is 19.1 Å². The fourth-order valence-corrected chi connectivity index (χ4v) is 3.95. The molecule has 124 valence electrons. The van der Waals surface area contributed by atoms with Crippen LogP contribution in [0.4, 0.5) is 0 Å². The van der Waals surface area contributed by atoms with Gasteiger partial charge in [-0.15, -0.1) is 22.7 Å². The number of hydrogen-bond donors (Lipinski definition) is 0. The number of thiophene rings is 1. The summed E-state index contributed by atoms with van der Waals surface area (Å²) in [4.78, 5) is 29.3. The number of fused-ring (bicyclic) bond motifs is 1. The normalized spacial score (nSPS) is 11.0. The predicted molar refractivity (Wildman–Crippen MR) is 94.4 cm³/mol. The van der Waals surface area contributed by atoms with Crippen LogP contribution < -0.4 is 0 Å². The lowest BCUT2D eigenvalue weighted by Crippen LogP contribution is -2.19. The number of thiazole rings is 1. The summed E-state index contributed by atoms with van der Waals surface area (Å²) >= 11 is 2.87.